The fraction of sp³-hybridized carbons (Fsp3) is 0. The average Bonchev–Trinajstić information content (AvgIpc) is 3.28. The van der Waals surface area contributed by atoms with Gasteiger partial charge in [-0.2, -0.15) is 0 Å². The Balaban J connectivity index is 0.000000145. The van der Waals surface area contributed by atoms with E-state index in [9.17, 15) is 13.2 Å². The number of benzene rings is 6. The number of nitrogens with zero attached hydrogens (tertiary/aromatic N) is 3. The number of aromatic nitrogens is 3. The van der Waals surface area contributed by atoms with Crippen molar-refractivity contribution in [1.82, 2.24) is 15.0 Å². The predicted octanol–water partition coefficient (Wildman–Crippen LogP) is 13.7. The fourth-order valence-corrected chi connectivity index (χ4v) is 6.18. The molecule has 0 fully saturated rings. The molecule has 0 aliphatic rings. The van der Waals surface area contributed by atoms with Crippen LogP contribution in [0, 0.1) is 17.5 Å². The van der Waals surface area contributed by atoms with Crippen LogP contribution >= 0.6 is 0 Å². The minimum atomic E-state index is -0.222. The summed E-state index contributed by atoms with van der Waals surface area (Å²) < 4.78 is 39.8. The Bertz CT molecular complexity index is 2380. The first kappa shape index (κ1) is 40.9. The number of hydrogen-bond donors (Lipinski definition) is 0. The minimum Gasteiger partial charge on any atom is -0.256 e. The van der Waals surface area contributed by atoms with Crippen molar-refractivity contribution in [2.24, 2.45) is 0 Å². The number of hydrogen-bond acceptors (Lipinski definition) is 3. The minimum absolute atomic E-state index is 0. The summed E-state index contributed by atoms with van der Waals surface area (Å²) in [4.78, 5) is 13.0. The van der Waals surface area contributed by atoms with E-state index in [1.54, 1.807) is 36.8 Å². The largest absolute Gasteiger partial charge is 3.00 e. The van der Waals surface area contributed by atoms with Gasteiger partial charge in [0, 0.05) is 35.3 Å². The van der Waals surface area contributed by atoms with Gasteiger partial charge in [-0.1, -0.05) is 109 Å². The molecule has 0 aliphatic heterocycles. The molecule has 3 aromatic heterocycles. The summed E-state index contributed by atoms with van der Waals surface area (Å²) in [6, 6.07) is 61.2. The van der Waals surface area contributed by atoms with Gasteiger partial charge in [0.25, 0.3) is 0 Å². The van der Waals surface area contributed by atoms with Crippen molar-refractivity contribution in [1.29, 1.82) is 0 Å². The summed E-state index contributed by atoms with van der Waals surface area (Å²) >= 11 is 0. The van der Waals surface area contributed by atoms with E-state index in [0.717, 1.165) is 67.2 Å². The zero-order chi connectivity index (χ0) is 39.2. The van der Waals surface area contributed by atoms with Crippen LogP contribution in [-0.2, 0) is 20.1 Å². The van der Waals surface area contributed by atoms with Crippen LogP contribution in [0.1, 0.15) is 0 Å². The maximum atomic E-state index is 13.3. The maximum absolute atomic E-state index is 13.3. The number of halogens is 3. The Labute approximate surface area is 350 Å². The normalized spacial score (nSPS) is 10.2. The molecule has 3 heterocycles. The second-order valence-corrected chi connectivity index (χ2v) is 12.9. The molecule has 0 amide bonds. The Morgan fingerprint density at radius 1 is 0.241 bits per heavy atom. The first-order chi connectivity index (χ1) is 28.0. The van der Waals surface area contributed by atoms with E-state index in [4.69, 9.17) is 0 Å². The van der Waals surface area contributed by atoms with Crippen molar-refractivity contribution < 1.29 is 33.3 Å². The summed E-state index contributed by atoms with van der Waals surface area (Å²) in [7, 11) is 0. The Morgan fingerprint density at radius 3 is 0.724 bits per heavy atom. The third-order valence-corrected chi connectivity index (χ3v) is 8.94. The third kappa shape index (κ3) is 11.2. The average molecular weight is 940 g/mol. The van der Waals surface area contributed by atoms with E-state index in [2.05, 4.69) is 15.0 Å². The van der Waals surface area contributed by atoms with Crippen LogP contribution in [0.5, 0.6) is 0 Å². The molecule has 9 aromatic rings. The molecule has 58 heavy (non-hydrogen) atoms. The van der Waals surface area contributed by atoms with E-state index in [1.165, 1.54) is 36.4 Å². The van der Waals surface area contributed by atoms with Gasteiger partial charge in [0.1, 0.15) is 17.5 Å². The van der Waals surface area contributed by atoms with E-state index in [-0.39, 0.29) is 37.6 Å². The van der Waals surface area contributed by atoms with E-state index < -0.39 is 0 Å². The van der Waals surface area contributed by atoms with Crippen molar-refractivity contribution in [3.05, 3.63) is 236 Å². The van der Waals surface area contributed by atoms with Crippen molar-refractivity contribution in [3.8, 4) is 67.2 Å². The van der Waals surface area contributed by atoms with Crippen LogP contribution < -0.4 is 0 Å². The quantitative estimate of drug-likeness (QED) is 0.167. The molecule has 9 rings (SSSR count). The molecule has 6 aromatic carbocycles. The van der Waals surface area contributed by atoms with Crippen LogP contribution in [0.4, 0.5) is 13.2 Å². The summed E-state index contributed by atoms with van der Waals surface area (Å²) in [5.74, 6) is -0.665. The van der Waals surface area contributed by atoms with E-state index >= 15 is 0 Å². The molecular formula is C51H36F3IrN3+3. The summed E-state index contributed by atoms with van der Waals surface area (Å²) in [6.45, 7) is 0. The molecule has 0 saturated heterocycles. The molecule has 0 N–H and O–H groups in total. The molecule has 0 spiro atoms. The Kier molecular flexibility index (Phi) is 14.4. The van der Waals surface area contributed by atoms with Gasteiger partial charge in [0.15, 0.2) is 0 Å². The van der Waals surface area contributed by atoms with Gasteiger partial charge in [0.2, 0.25) is 0 Å². The van der Waals surface area contributed by atoms with E-state index in [1.807, 2.05) is 146 Å². The van der Waals surface area contributed by atoms with Gasteiger partial charge >= 0.3 is 20.1 Å². The monoisotopic (exact) mass is 940 g/mol. The smallest absolute Gasteiger partial charge is 0.256 e. The molecule has 3 nitrogen and oxygen atoms in total. The molecular weight excluding hydrogens is 904 g/mol. The first-order valence-electron chi connectivity index (χ1n) is 18.3. The van der Waals surface area contributed by atoms with Gasteiger partial charge in [-0.3, -0.25) is 15.0 Å². The number of pyridine rings is 3. The molecule has 7 heteroatoms. The van der Waals surface area contributed by atoms with Crippen molar-refractivity contribution in [3.63, 3.8) is 0 Å². The molecule has 0 saturated carbocycles. The zero-order valence-electron chi connectivity index (χ0n) is 31.1. The van der Waals surface area contributed by atoms with Crippen LogP contribution in [0.15, 0.2) is 219 Å². The van der Waals surface area contributed by atoms with E-state index in [0.29, 0.717) is 0 Å². The van der Waals surface area contributed by atoms with Crippen LogP contribution in [0.25, 0.3) is 67.2 Å². The summed E-state index contributed by atoms with van der Waals surface area (Å²) in [6.07, 6.45) is 5.30. The van der Waals surface area contributed by atoms with Crippen LogP contribution in [0.2, 0.25) is 0 Å². The van der Waals surface area contributed by atoms with Gasteiger partial charge in [-0.15, -0.1) is 0 Å². The fourth-order valence-electron chi connectivity index (χ4n) is 6.18. The molecule has 0 aliphatic carbocycles. The second-order valence-electron chi connectivity index (χ2n) is 12.9. The van der Waals surface area contributed by atoms with Gasteiger partial charge < -0.3 is 0 Å². The van der Waals surface area contributed by atoms with Crippen LogP contribution in [0.3, 0.4) is 0 Å². The van der Waals surface area contributed by atoms with Gasteiger partial charge in [-0.25, -0.2) is 13.2 Å². The molecule has 0 unspecified atom stereocenters. The van der Waals surface area contributed by atoms with Gasteiger partial charge in [-0.05, 0) is 124 Å². The molecule has 282 valence electrons. The zero-order valence-corrected chi connectivity index (χ0v) is 33.5. The van der Waals surface area contributed by atoms with Crippen molar-refractivity contribution in [2.75, 3.05) is 0 Å². The van der Waals surface area contributed by atoms with Crippen molar-refractivity contribution >= 4 is 0 Å². The molecule has 0 atom stereocenters. The predicted molar refractivity (Wildman–Crippen MR) is 225 cm³/mol. The Hall–Kier alpha value is -6.79. The molecule has 0 radical (unpaired) electrons. The SMILES string of the molecule is Fc1cccc(-c2cccc(-c3ccccn3)c2)c1.Fc1cccc(-c2cccc(-c3ccccn3)c2)c1.Fc1cccc(-c2cccc(-c3ccccn3)c2)c1.[Ir+3]. The van der Waals surface area contributed by atoms with Crippen LogP contribution in [-0.4, -0.2) is 15.0 Å². The second kappa shape index (κ2) is 20.4. The Morgan fingerprint density at radius 2 is 0.483 bits per heavy atom. The first-order valence-corrected chi connectivity index (χ1v) is 18.3. The maximum Gasteiger partial charge on any atom is 3.00 e. The third-order valence-electron chi connectivity index (χ3n) is 8.94. The summed E-state index contributed by atoms with van der Waals surface area (Å²) in [5.41, 5.74) is 11.4. The topological polar surface area (TPSA) is 38.7 Å². The standard InChI is InChI=1S/3C17H12FN.Ir/c3*18-16-8-4-6-14(12-16)13-5-3-7-15(11-13)17-9-1-2-10-19-17;/h3*1-12H;/q;;;+3. The molecule has 0 bridgehead atoms. The summed E-state index contributed by atoms with van der Waals surface area (Å²) in [5, 5.41) is 0. The number of rotatable bonds is 6. The van der Waals surface area contributed by atoms with Gasteiger partial charge in [0.05, 0.1) is 17.1 Å². The van der Waals surface area contributed by atoms with Crippen molar-refractivity contribution in [2.45, 2.75) is 0 Å².